The van der Waals surface area contributed by atoms with E-state index in [-0.39, 0.29) is 0 Å². The van der Waals surface area contributed by atoms with Crippen molar-refractivity contribution in [2.24, 2.45) is 0 Å². The number of thioether (sulfide) groups is 1. The molecule has 242 valence electrons. The number of anilines is 1. The highest BCUT2D eigenvalue weighted by atomic mass is 32.2. The van der Waals surface area contributed by atoms with Gasteiger partial charge in [-0.25, -0.2) is 14.3 Å². The summed E-state index contributed by atoms with van der Waals surface area (Å²) in [5.41, 5.74) is 5.72. The Morgan fingerprint density at radius 2 is 1.70 bits per heavy atom. The van der Waals surface area contributed by atoms with Crippen LogP contribution in [0.15, 0.2) is 79.0 Å². The molecule has 1 saturated heterocycles. The minimum absolute atomic E-state index is 0.404. The fourth-order valence-electron chi connectivity index (χ4n) is 5.83. The normalized spacial score (nSPS) is 13.9. The lowest BCUT2D eigenvalue weighted by molar-refractivity contribution is 0.0409. The van der Waals surface area contributed by atoms with Gasteiger partial charge in [-0.05, 0) is 85.2 Å². The third kappa shape index (κ3) is 7.34. The second kappa shape index (κ2) is 14.7. The summed E-state index contributed by atoms with van der Waals surface area (Å²) in [4.78, 5) is 27.4. The number of unbranched alkanes of at least 4 members (excludes halogenated alkanes) is 3. The van der Waals surface area contributed by atoms with Gasteiger partial charge in [0.2, 0.25) is 4.96 Å². The third-order valence-electron chi connectivity index (χ3n) is 8.47. The van der Waals surface area contributed by atoms with Gasteiger partial charge in [0.15, 0.2) is 0 Å². The lowest BCUT2D eigenvalue weighted by Crippen LogP contribution is -2.34. The Kier molecular flexibility index (Phi) is 9.78. The Morgan fingerprint density at radius 1 is 0.936 bits per heavy atom. The second-order valence-electron chi connectivity index (χ2n) is 11.7. The van der Waals surface area contributed by atoms with E-state index in [1.807, 2.05) is 41.0 Å². The van der Waals surface area contributed by atoms with Gasteiger partial charge >= 0.3 is 5.97 Å². The molecule has 0 radical (unpaired) electrons. The molecule has 1 fully saturated rings. The highest BCUT2D eigenvalue weighted by molar-refractivity contribution is 7.99. The minimum Gasteiger partial charge on any atom is -0.385 e. The van der Waals surface area contributed by atoms with E-state index in [9.17, 15) is 4.79 Å². The molecule has 3 aromatic heterocycles. The molecule has 7 rings (SSSR count). The minimum atomic E-state index is -0.519. The fourth-order valence-corrected chi connectivity index (χ4v) is 7.96. The third-order valence-corrected chi connectivity index (χ3v) is 10.9. The van der Waals surface area contributed by atoms with E-state index in [1.54, 1.807) is 36.6 Å². The van der Waals surface area contributed by atoms with E-state index in [1.165, 1.54) is 50.0 Å². The van der Waals surface area contributed by atoms with Gasteiger partial charge < -0.3 is 14.5 Å². The highest BCUT2D eigenvalue weighted by Crippen LogP contribution is 2.32. The van der Waals surface area contributed by atoms with Gasteiger partial charge in [-0.2, -0.15) is 16.9 Å². The number of fused-ring (bicyclic) bond motifs is 2. The van der Waals surface area contributed by atoms with E-state index in [0.29, 0.717) is 16.6 Å². The maximum atomic E-state index is 12.7. The molecule has 0 atom stereocenters. The van der Waals surface area contributed by atoms with Crippen molar-refractivity contribution in [2.75, 3.05) is 37.5 Å². The fraction of sp³-hybridized carbons (Fsp3) is 0.343. The number of para-hydroxylation sites is 1. The zero-order valence-corrected chi connectivity index (χ0v) is 28.0. The number of piperidine rings is 1. The van der Waals surface area contributed by atoms with Crippen molar-refractivity contribution in [2.45, 2.75) is 43.8 Å². The first-order valence-corrected chi connectivity index (χ1v) is 18.0. The Balaban J connectivity index is 0.916. The van der Waals surface area contributed by atoms with Gasteiger partial charge in [0.1, 0.15) is 16.0 Å². The standard InChI is InChI=1S/C35H37N7O3S2/c1-44-22-6-2-3-7-23-46-29-18-20-40(21-19-29)28-16-14-26(15-17-28)33-38-41-24-31(36-35(41)47-33)25-10-12-27(13-11-25)34(43)45-42-32-9-5-4-8-30(32)37-39-42/h4-5,8-17,24,29H,2-3,6-7,18-23H2,1H3. The molecular weight excluding hydrogens is 631 g/mol. The smallest absolute Gasteiger partial charge is 0.365 e. The number of methoxy groups -OCH3 is 1. The van der Waals surface area contributed by atoms with Crippen molar-refractivity contribution in [3.8, 4) is 21.8 Å². The molecule has 6 aromatic rings. The van der Waals surface area contributed by atoms with Gasteiger partial charge in [0.25, 0.3) is 0 Å². The van der Waals surface area contributed by atoms with Crippen LogP contribution in [0.5, 0.6) is 0 Å². The van der Waals surface area contributed by atoms with Crippen molar-refractivity contribution in [1.29, 1.82) is 0 Å². The lowest BCUT2D eigenvalue weighted by atomic mass is 10.1. The summed E-state index contributed by atoms with van der Waals surface area (Å²) in [6, 6.07) is 23.2. The lowest BCUT2D eigenvalue weighted by Gasteiger charge is -2.33. The van der Waals surface area contributed by atoms with Gasteiger partial charge in [-0.15, -0.1) is 5.10 Å². The summed E-state index contributed by atoms with van der Waals surface area (Å²) in [7, 11) is 1.78. The van der Waals surface area contributed by atoms with Gasteiger partial charge in [0, 0.05) is 48.9 Å². The molecule has 0 N–H and O–H groups in total. The number of aromatic nitrogens is 6. The predicted molar refractivity (Wildman–Crippen MR) is 188 cm³/mol. The monoisotopic (exact) mass is 667 g/mol. The number of hydrogen-bond acceptors (Lipinski definition) is 10. The highest BCUT2D eigenvalue weighted by Gasteiger charge is 2.20. The molecule has 0 spiro atoms. The van der Waals surface area contributed by atoms with Crippen molar-refractivity contribution in [1.82, 2.24) is 29.8 Å². The van der Waals surface area contributed by atoms with Crippen molar-refractivity contribution < 1.29 is 14.4 Å². The van der Waals surface area contributed by atoms with Crippen LogP contribution in [0.3, 0.4) is 0 Å². The van der Waals surface area contributed by atoms with Crippen LogP contribution in [0, 0.1) is 0 Å². The molecule has 10 nitrogen and oxygen atoms in total. The molecule has 1 aliphatic rings. The number of imidazole rings is 1. The number of hydrogen-bond donors (Lipinski definition) is 0. The largest absolute Gasteiger partial charge is 0.385 e. The number of ether oxygens (including phenoxy) is 1. The molecule has 0 amide bonds. The average Bonchev–Trinajstić information content (AvgIpc) is 3.83. The van der Waals surface area contributed by atoms with Crippen LogP contribution < -0.4 is 9.74 Å². The second-order valence-corrected chi connectivity index (χ2v) is 14.0. The van der Waals surface area contributed by atoms with Crippen molar-refractivity contribution in [3.63, 3.8) is 0 Å². The molecular formula is C35H37N7O3S2. The zero-order valence-electron chi connectivity index (χ0n) is 26.3. The van der Waals surface area contributed by atoms with Crippen LogP contribution in [-0.4, -0.2) is 73.5 Å². The topological polar surface area (TPSA) is 99.7 Å². The van der Waals surface area contributed by atoms with Crippen LogP contribution in [0.2, 0.25) is 0 Å². The predicted octanol–water partition coefficient (Wildman–Crippen LogP) is 7.05. The molecule has 4 heterocycles. The summed E-state index contributed by atoms with van der Waals surface area (Å²) in [6.45, 7) is 3.11. The first kappa shape index (κ1) is 31.3. The summed E-state index contributed by atoms with van der Waals surface area (Å²) >= 11 is 3.73. The van der Waals surface area contributed by atoms with Crippen LogP contribution in [-0.2, 0) is 4.74 Å². The quantitative estimate of drug-likeness (QED) is 0.0948. The molecule has 0 bridgehead atoms. The van der Waals surface area contributed by atoms with E-state index in [0.717, 1.165) is 56.6 Å². The summed E-state index contributed by atoms with van der Waals surface area (Å²) in [5.74, 6) is 0.756. The SMILES string of the molecule is COCCCCCCSC1CCN(c2ccc(-c3nn4cc(-c5ccc(C(=O)On6nnc7ccccc76)cc5)nc4s3)cc2)CC1. The number of carbonyl (C=O) groups is 1. The van der Waals surface area contributed by atoms with E-state index in [4.69, 9.17) is 19.7 Å². The summed E-state index contributed by atoms with van der Waals surface area (Å²) in [5, 5.41) is 14.5. The molecule has 0 saturated carbocycles. The average molecular weight is 668 g/mol. The van der Waals surface area contributed by atoms with Crippen LogP contribution in [0.25, 0.3) is 37.8 Å². The van der Waals surface area contributed by atoms with Crippen LogP contribution in [0.1, 0.15) is 48.9 Å². The van der Waals surface area contributed by atoms with Gasteiger partial charge in [0.05, 0.1) is 17.5 Å². The van der Waals surface area contributed by atoms with Gasteiger partial charge in [-0.1, -0.05) is 53.3 Å². The molecule has 0 aliphatic carbocycles. The summed E-state index contributed by atoms with van der Waals surface area (Å²) < 4.78 is 6.96. The first-order chi connectivity index (χ1) is 23.1. The molecule has 0 unspecified atom stereocenters. The zero-order chi connectivity index (χ0) is 32.0. The Hall–Kier alpha value is -4.26. The molecule has 3 aromatic carbocycles. The van der Waals surface area contributed by atoms with E-state index >= 15 is 0 Å². The molecule has 1 aliphatic heterocycles. The van der Waals surface area contributed by atoms with Crippen molar-refractivity contribution >= 4 is 50.7 Å². The number of rotatable bonds is 13. The van der Waals surface area contributed by atoms with E-state index in [2.05, 4.69) is 51.2 Å². The van der Waals surface area contributed by atoms with Crippen LogP contribution in [0.4, 0.5) is 5.69 Å². The number of nitrogens with zero attached hydrogens (tertiary/aromatic N) is 7. The van der Waals surface area contributed by atoms with E-state index < -0.39 is 5.97 Å². The first-order valence-electron chi connectivity index (χ1n) is 16.1. The Bertz CT molecular complexity index is 1900. The van der Waals surface area contributed by atoms with Crippen molar-refractivity contribution in [3.05, 3.63) is 84.6 Å². The Morgan fingerprint density at radius 3 is 2.49 bits per heavy atom. The number of benzene rings is 3. The molecule has 12 heteroatoms. The number of carbonyl (C=O) groups excluding carboxylic acids is 1. The van der Waals surface area contributed by atoms with Crippen LogP contribution >= 0.6 is 23.1 Å². The maximum Gasteiger partial charge on any atom is 0.365 e. The Labute approximate surface area is 281 Å². The molecule has 47 heavy (non-hydrogen) atoms. The van der Waals surface area contributed by atoms with Gasteiger partial charge in [-0.3, -0.25) is 0 Å². The maximum absolute atomic E-state index is 12.7. The summed E-state index contributed by atoms with van der Waals surface area (Å²) in [6.07, 6.45) is 9.49.